The second-order valence-electron chi connectivity index (χ2n) is 6.51. The van der Waals surface area contributed by atoms with Crippen molar-refractivity contribution < 1.29 is 0 Å². The maximum Gasteiger partial charge on any atom is 0.135 e. The lowest BCUT2D eigenvalue weighted by atomic mass is 10.2. The van der Waals surface area contributed by atoms with Gasteiger partial charge >= 0.3 is 0 Å². The van der Waals surface area contributed by atoms with Crippen LogP contribution in [0, 0.1) is 6.92 Å². The van der Waals surface area contributed by atoms with E-state index >= 15 is 0 Å². The van der Waals surface area contributed by atoms with Crippen molar-refractivity contribution in [3.8, 4) is 0 Å². The van der Waals surface area contributed by atoms with E-state index in [1.54, 1.807) is 6.33 Å². The van der Waals surface area contributed by atoms with Gasteiger partial charge in [-0.1, -0.05) is 36.4 Å². The number of aromatic nitrogens is 2. The summed E-state index contributed by atoms with van der Waals surface area (Å²) < 4.78 is 0. The summed E-state index contributed by atoms with van der Waals surface area (Å²) in [6, 6.07) is 20.8. The van der Waals surface area contributed by atoms with Crippen molar-refractivity contribution in [3.05, 3.63) is 72.6 Å². The highest BCUT2D eigenvalue weighted by atomic mass is 15.3. The Kier molecular flexibility index (Phi) is 4.69. The van der Waals surface area contributed by atoms with Crippen molar-refractivity contribution in [2.45, 2.75) is 6.92 Å². The third kappa shape index (κ3) is 3.61. The minimum absolute atomic E-state index is 0.829. The highest BCUT2D eigenvalue weighted by Gasteiger charge is 2.18. The van der Waals surface area contributed by atoms with E-state index in [0.717, 1.165) is 43.5 Å². The molecule has 2 heterocycles. The van der Waals surface area contributed by atoms with Gasteiger partial charge in [0.15, 0.2) is 0 Å². The van der Waals surface area contributed by atoms with E-state index in [-0.39, 0.29) is 0 Å². The number of hydrogen-bond donors (Lipinski definition) is 1. The van der Waals surface area contributed by atoms with Gasteiger partial charge in [0, 0.05) is 43.6 Å². The van der Waals surface area contributed by atoms with Crippen molar-refractivity contribution in [2.75, 3.05) is 41.3 Å². The lowest BCUT2D eigenvalue weighted by molar-refractivity contribution is 0.647. The fourth-order valence-corrected chi connectivity index (χ4v) is 3.27. The number of nitrogens with zero attached hydrogens (tertiary/aromatic N) is 4. The van der Waals surface area contributed by atoms with Gasteiger partial charge in [0.2, 0.25) is 0 Å². The molecule has 26 heavy (non-hydrogen) atoms. The van der Waals surface area contributed by atoms with E-state index in [4.69, 9.17) is 0 Å². The van der Waals surface area contributed by atoms with Crippen molar-refractivity contribution in [2.24, 2.45) is 0 Å². The number of anilines is 4. The van der Waals surface area contributed by atoms with Crippen LogP contribution in [0.3, 0.4) is 0 Å². The normalized spacial score (nSPS) is 14.3. The third-order valence-electron chi connectivity index (χ3n) is 4.79. The summed E-state index contributed by atoms with van der Waals surface area (Å²) in [6.45, 7) is 5.99. The Bertz CT molecular complexity index is 857. The molecular formula is C21H23N5. The largest absolute Gasteiger partial charge is 0.368 e. The molecule has 1 aromatic heterocycles. The van der Waals surface area contributed by atoms with E-state index in [1.165, 1.54) is 11.3 Å². The SMILES string of the molecule is Cc1ccccc1Nc1cc(N2CCN(c3ccccc3)CC2)ncn1. The van der Waals surface area contributed by atoms with Crippen LogP contribution >= 0.6 is 0 Å². The highest BCUT2D eigenvalue weighted by molar-refractivity contribution is 5.62. The molecule has 5 heteroatoms. The molecule has 0 aliphatic carbocycles. The van der Waals surface area contributed by atoms with Crippen molar-refractivity contribution >= 4 is 23.0 Å². The number of nitrogens with one attached hydrogen (secondary N) is 1. The minimum Gasteiger partial charge on any atom is -0.368 e. The van der Waals surface area contributed by atoms with Crippen molar-refractivity contribution in [1.82, 2.24) is 9.97 Å². The lowest BCUT2D eigenvalue weighted by Crippen LogP contribution is -2.46. The first kappa shape index (κ1) is 16.4. The molecule has 1 saturated heterocycles. The fourth-order valence-electron chi connectivity index (χ4n) is 3.27. The zero-order chi connectivity index (χ0) is 17.8. The second kappa shape index (κ2) is 7.44. The second-order valence-corrected chi connectivity index (χ2v) is 6.51. The van der Waals surface area contributed by atoms with E-state index in [9.17, 15) is 0 Å². The monoisotopic (exact) mass is 345 g/mol. The summed E-state index contributed by atoms with van der Waals surface area (Å²) >= 11 is 0. The first-order chi connectivity index (χ1) is 12.8. The molecule has 1 fully saturated rings. The van der Waals surface area contributed by atoms with E-state index in [2.05, 4.69) is 74.5 Å². The Labute approximate surface area is 154 Å². The van der Waals surface area contributed by atoms with Crippen LogP contribution in [0.5, 0.6) is 0 Å². The maximum atomic E-state index is 4.48. The van der Waals surface area contributed by atoms with Crippen LogP contribution < -0.4 is 15.1 Å². The zero-order valence-electron chi connectivity index (χ0n) is 15.0. The van der Waals surface area contributed by atoms with Crippen LogP contribution in [-0.2, 0) is 0 Å². The average Bonchev–Trinajstić information content (AvgIpc) is 2.71. The lowest BCUT2D eigenvalue weighted by Gasteiger charge is -2.36. The van der Waals surface area contributed by atoms with Gasteiger partial charge in [-0.25, -0.2) is 9.97 Å². The number of para-hydroxylation sites is 2. The van der Waals surface area contributed by atoms with Gasteiger partial charge in [-0.2, -0.15) is 0 Å². The van der Waals surface area contributed by atoms with Crippen LogP contribution in [0.25, 0.3) is 0 Å². The van der Waals surface area contributed by atoms with Crippen LogP contribution in [0.1, 0.15) is 5.56 Å². The van der Waals surface area contributed by atoms with E-state index in [0.29, 0.717) is 0 Å². The third-order valence-corrected chi connectivity index (χ3v) is 4.79. The Hall–Kier alpha value is -3.08. The van der Waals surface area contributed by atoms with Crippen LogP contribution in [0.15, 0.2) is 67.0 Å². The van der Waals surface area contributed by atoms with E-state index < -0.39 is 0 Å². The van der Waals surface area contributed by atoms with Gasteiger partial charge in [-0.05, 0) is 30.7 Å². The molecule has 0 unspecified atom stereocenters. The summed E-state index contributed by atoms with van der Waals surface area (Å²) in [6.07, 6.45) is 1.64. The highest BCUT2D eigenvalue weighted by Crippen LogP contribution is 2.23. The Morgan fingerprint density at radius 1 is 0.808 bits per heavy atom. The smallest absolute Gasteiger partial charge is 0.135 e. The van der Waals surface area contributed by atoms with Gasteiger partial charge in [0.05, 0.1) is 0 Å². The first-order valence-corrected chi connectivity index (χ1v) is 8.99. The number of benzene rings is 2. The number of piperazine rings is 1. The molecule has 0 bridgehead atoms. The number of rotatable bonds is 4. The summed E-state index contributed by atoms with van der Waals surface area (Å²) in [4.78, 5) is 13.6. The molecule has 1 aliphatic heterocycles. The first-order valence-electron chi connectivity index (χ1n) is 8.99. The molecule has 1 N–H and O–H groups in total. The minimum atomic E-state index is 0.829. The van der Waals surface area contributed by atoms with E-state index in [1.807, 2.05) is 18.2 Å². The molecule has 0 atom stereocenters. The predicted octanol–water partition coefficient (Wildman–Crippen LogP) is 3.86. The average molecular weight is 345 g/mol. The quantitative estimate of drug-likeness (QED) is 0.778. The summed E-state index contributed by atoms with van der Waals surface area (Å²) in [5.41, 5.74) is 3.56. The summed E-state index contributed by atoms with van der Waals surface area (Å²) in [5, 5.41) is 3.40. The molecule has 5 nitrogen and oxygen atoms in total. The van der Waals surface area contributed by atoms with Crippen LogP contribution in [0.4, 0.5) is 23.0 Å². The number of hydrogen-bond acceptors (Lipinski definition) is 5. The zero-order valence-corrected chi connectivity index (χ0v) is 15.0. The van der Waals surface area contributed by atoms with Gasteiger partial charge < -0.3 is 15.1 Å². The predicted molar refractivity (Wildman–Crippen MR) is 107 cm³/mol. The molecule has 0 saturated carbocycles. The van der Waals surface area contributed by atoms with Crippen LogP contribution in [0.2, 0.25) is 0 Å². The van der Waals surface area contributed by atoms with Crippen LogP contribution in [-0.4, -0.2) is 36.1 Å². The maximum absolute atomic E-state index is 4.48. The Morgan fingerprint density at radius 3 is 2.27 bits per heavy atom. The Morgan fingerprint density at radius 2 is 1.50 bits per heavy atom. The molecule has 132 valence electrons. The summed E-state index contributed by atoms with van der Waals surface area (Å²) in [7, 11) is 0. The van der Waals surface area contributed by atoms with Crippen molar-refractivity contribution in [3.63, 3.8) is 0 Å². The fraction of sp³-hybridized carbons (Fsp3) is 0.238. The van der Waals surface area contributed by atoms with Gasteiger partial charge in [0.1, 0.15) is 18.0 Å². The molecule has 0 radical (unpaired) electrons. The number of aryl methyl sites for hydroxylation is 1. The Balaban J connectivity index is 1.44. The molecule has 1 aliphatic rings. The van der Waals surface area contributed by atoms with Gasteiger partial charge in [-0.3, -0.25) is 0 Å². The molecule has 2 aromatic carbocycles. The molecule has 0 spiro atoms. The standard InChI is InChI=1S/C21H23N5/c1-17-7-5-6-10-19(17)24-20-15-21(23-16-22-20)26-13-11-25(12-14-26)18-8-3-2-4-9-18/h2-10,15-16H,11-14H2,1H3,(H,22,23,24). The van der Waals surface area contributed by atoms with Gasteiger partial charge in [0.25, 0.3) is 0 Å². The van der Waals surface area contributed by atoms with Gasteiger partial charge in [-0.15, -0.1) is 0 Å². The summed E-state index contributed by atoms with van der Waals surface area (Å²) in [5.74, 6) is 1.80. The molecule has 0 amide bonds. The molecule has 4 rings (SSSR count). The molecular weight excluding hydrogens is 322 g/mol. The van der Waals surface area contributed by atoms with Crippen molar-refractivity contribution in [1.29, 1.82) is 0 Å². The molecule has 3 aromatic rings. The topological polar surface area (TPSA) is 44.3 Å².